The molecule has 0 amide bonds. The van der Waals surface area contributed by atoms with Gasteiger partial charge in [-0.05, 0) is 24.3 Å². The molecule has 0 unspecified atom stereocenters. The number of rotatable bonds is 3. The van der Waals surface area contributed by atoms with Gasteiger partial charge in [0.25, 0.3) is 5.69 Å². The van der Waals surface area contributed by atoms with Crippen LogP contribution in [0.1, 0.15) is 5.76 Å². The van der Waals surface area contributed by atoms with Crippen LogP contribution in [-0.2, 0) is 0 Å². The van der Waals surface area contributed by atoms with Crippen molar-refractivity contribution in [3.05, 3.63) is 42.2 Å². The molecule has 0 bridgehead atoms. The fraction of sp³-hybridized carbons (Fsp3) is 0.0769. The maximum Gasteiger partial charge on any atom is 0.256 e. The molecule has 86 valence electrons. The summed E-state index contributed by atoms with van der Waals surface area (Å²) in [5, 5.41) is 9.14. The van der Waals surface area contributed by atoms with E-state index in [1.807, 2.05) is 24.3 Å². The molecule has 0 aliphatic rings. The number of nitrogens with zero attached hydrogens (tertiary/aromatic N) is 2. The third-order valence-electron chi connectivity index (χ3n) is 2.33. The molecule has 1 heterocycles. The van der Waals surface area contributed by atoms with Gasteiger partial charge in [-0.2, -0.15) is 0 Å². The molecule has 17 heavy (non-hydrogen) atoms. The van der Waals surface area contributed by atoms with Crippen LogP contribution >= 0.6 is 0 Å². The van der Waals surface area contributed by atoms with E-state index in [4.69, 9.17) is 9.62 Å². The Morgan fingerprint density at radius 2 is 1.94 bits per heavy atom. The van der Waals surface area contributed by atoms with Gasteiger partial charge in [0.2, 0.25) is 0 Å². The molecule has 2 aromatic rings. The van der Waals surface area contributed by atoms with E-state index >= 15 is 0 Å². The Morgan fingerprint density at radius 3 is 2.53 bits per heavy atom. The van der Waals surface area contributed by atoms with Gasteiger partial charge >= 0.3 is 0 Å². The first kappa shape index (κ1) is 11.1. The fourth-order valence-electron chi connectivity index (χ4n) is 1.50. The Labute approximate surface area is 99.1 Å². The van der Waals surface area contributed by atoms with E-state index < -0.39 is 0 Å². The standard InChI is InChI=1S/C13H13N2O2/c1-14-9-12-7-8-13(17-12)10-3-5-11(6-4-10)15(2)16/h3-9,16H,2H2,1H3/q+1. The molecular formula is C13H13N2O2+. The summed E-state index contributed by atoms with van der Waals surface area (Å²) in [6.45, 7) is 3.39. The predicted molar refractivity (Wildman–Crippen MR) is 66.5 cm³/mol. The highest BCUT2D eigenvalue weighted by atomic mass is 16.5. The van der Waals surface area contributed by atoms with Crippen molar-refractivity contribution in [2.45, 2.75) is 0 Å². The van der Waals surface area contributed by atoms with Crippen LogP contribution in [0.3, 0.4) is 0 Å². The second-order valence-corrected chi connectivity index (χ2v) is 3.54. The van der Waals surface area contributed by atoms with Gasteiger partial charge < -0.3 is 4.42 Å². The van der Waals surface area contributed by atoms with Crippen molar-refractivity contribution in [2.75, 3.05) is 7.05 Å². The van der Waals surface area contributed by atoms with E-state index in [0.717, 1.165) is 16.1 Å². The molecule has 4 heteroatoms. The maximum absolute atomic E-state index is 9.14. The van der Waals surface area contributed by atoms with Crippen molar-refractivity contribution in [1.29, 1.82) is 0 Å². The highest BCUT2D eigenvalue weighted by molar-refractivity contribution is 5.77. The zero-order chi connectivity index (χ0) is 12.3. The lowest BCUT2D eigenvalue weighted by atomic mass is 10.1. The number of furan rings is 1. The van der Waals surface area contributed by atoms with Crippen LogP contribution in [0.25, 0.3) is 11.3 Å². The molecule has 1 N–H and O–H groups in total. The minimum atomic E-state index is 0.621. The van der Waals surface area contributed by atoms with Crippen molar-refractivity contribution in [2.24, 2.45) is 4.99 Å². The zero-order valence-electron chi connectivity index (χ0n) is 9.50. The molecule has 4 nitrogen and oxygen atoms in total. The number of benzene rings is 1. The molecule has 0 aliphatic carbocycles. The van der Waals surface area contributed by atoms with Gasteiger partial charge in [0.05, 0.1) is 6.21 Å². The van der Waals surface area contributed by atoms with Crippen molar-refractivity contribution in [1.82, 2.24) is 0 Å². The normalized spacial score (nSPS) is 10.9. The first-order chi connectivity index (χ1) is 8.20. The lowest BCUT2D eigenvalue weighted by molar-refractivity contribution is -0.706. The second kappa shape index (κ2) is 4.65. The molecule has 0 atom stereocenters. The van der Waals surface area contributed by atoms with E-state index in [0.29, 0.717) is 11.4 Å². The van der Waals surface area contributed by atoms with E-state index in [1.165, 1.54) is 0 Å². The summed E-state index contributed by atoms with van der Waals surface area (Å²) in [5.74, 6) is 1.48. The first-order valence-corrected chi connectivity index (χ1v) is 5.12. The van der Waals surface area contributed by atoms with Crippen molar-refractivity contribution >= 4 is 18.6 Å². The summed E-state index contributed by atoms with van der Waals surface area (Å²) >= 11 is 0. The molecule has 0 spiro atoms. The number of hydrogen-bond donors (Lipinski definition) is 1. The molecule has 1 aromatic carbocycles. The van der Waals surface area contributed by atoms with Gasteiger partial charge in [-0.3, -0.25) is 10.2 Å². The maximum atomic E-state index is 9.14. The summed E-state index contributed by atoms with van der Waals surface area (Å²) in [7, 11) is 1.70. The molecule has 0 saturated carbocycles. The Balaban J connectivity index is 2.29. The summed E-state index contributed by atoms with van der Waals surface area (Å²) in [6, 6.07) is 11.0. The van der Waals surface area contributed by atoms with Crippen LogP contribution in [0.2, 0.25) is 0 Å². The fourth-order valence-corrected chi connectivity index (χ4v) is 1.50. The molecule has 0 aliphatic heterocycles. The van der Waals surface area contributed by atoms with Crippen LogP contribution in [0.15, 0.2) is 45.8 Å². The minimum Gasteiger partial charge on any atom is -0.455 e. The SMILES string of the molecule is C=[N+](O)c1ccc(-c2ccc(C=NC)o2)cc1. The van der Waals surface area contributed by atoms with E-state index in [2.05, 4.69) is 11.7 Å². The molecule has 1 aromatic heterocycles. The smallest absolute Gasteiger partial charge is 0.256 e. The van der Waals surface area contributed by atoms with Gasteiger partial charge in [0.1, 0.15) is 11.5 Å². The predicted octanol–water partition coefficient (Wildman–Crippen LogP) is 2.73. The van der Waals surface area contributed by atoms with Crippen LogP contribution in [0.5, 0.6) is 0 Å². The van der Waals surface area contributed by atoms with Gasteiger partial charge in [-0.1, -0.05) is 0 Å². The molecule has 0 fully saturated rings. The van der Waals surface area contributed by atoms with Crippen LogP contribution < -0.4 is 0 Å². The molecule has 2 rings (SSSR count). The Hall–Kier alpha value is -2.36. The first-order valence-electron chi connectivity index (χ1n) is 5.12. The average Bonchev–Trinajstić information content (AvgIpc) is 2.78. The Bertz CT molecular complexity index is 553. The van der Waals surface area contributed by atoms with Gasteiger partial charge in [0, 0.05) is 29.5 Å². The minimum absolute atomic E-state index is 0.621. The van der Waals surface area contributed by atoms with Gasteiger partial charge in [-0.15, -0.1) is 0 Å². The molecule has 0 radical (unpaired) electrons. The van der Waals surface area contributed by atoms with Crippen LogP contribution in [0.4, 0.5) is 5.69 Å². The van der Waals surface area contributed by atoms with E-state index in [-0.39, 0.29) is 0 Å². The lowest BCUT2D eigenvalue weighted by Crippen LogP contribution is -1.92. The third kappa shape index (κ3) is 2.42. The van der Waals surface area contributed by atoms with E-state index in [1.54, 1.807) is 25.4 Å². The Kier molecular flexibility index (Phi) is 3.05. The van der Waals surface area contributed by atoms with Crippen molar-refractivity contribution < 1.29 is 14.4 Å². The van der Waals surface area contributed by atoms with Gasteiger partial charge in [0.15, 0.2) is 6.72 Å². The monoisotopic (exact) mass is 229 g/mol. The van der Waals surface area contributed by atoms with E-state index in [9.17, 15) is 0 Å². The number of hydrogen-bond acceptors (Lipinski definition) is 3. The quantitative estimate of drug-likeness (QED) is 0.381. The highest BCUT2D eigenvalue weighted by Gasteiger charge is 2.07. The van der Waals surface area contributed by atoms with Crippen molar-refractivity contribution in [3.8, 4) is 11.3 Å². The molecular weight excluding hydrogens is 216 g/mol. The summed E-state index contributed by atoms with van der Waals surface area (Å²) in [5.41, 5.74) is 1.56. The van der Waals surface area contributed by atoms with Crippen LogP contribution in [0, 0.1) is 0 Å². The average molecular weight is 229 g/mol. The summed E-state index contributed by atoms with van der Waals surface area (Å²) in [6.07, 6.45) is 1.66. The van der Waals surface area contributed by atoms with Crippen molar-refractivity contribution in [3.63, 3.8) is 0 Å². The topological polar surface area (TPSA) is 48.7 Å². The number of aliphatic imine (C=N–C) groups is 1. The Morgan fingerprint density at radius 1 is 1.24 bits per heavy atom. The summed E-state index contributed by atoms with van der Waals surface area (Å²) in [4.78, 5) is 3.88. The second-order valence-electron chi connectivity index (χ2n) is 3.54. The largest absolute Gasteiger partial charge is 0.455 e. The third-order valence-corrected chi connectivity index (χ3v) is 2.33. The highest BCUT2D eigenvalue weighted by Crippen LogP contribution is 2.23. The summed E-state index contributed by atoms with van der Waals surface area (Å²) < 4.78 is 6.39. The van der Waals surface area contributed by atoms with Gasteiger partial charge in [-0.25, -0.2) is 0 Å². The molecule has 0 saturated heterocycles. The lowest BCUT2D eigenvalue weighted by Gasteiger charge is -1.96. The van der Waals surface area contributed by atoms with Crippen LogP contribution in [-0.4, -0.2) is 29.9 Å². The zero-order valence-corrected chi connectivity index (χ0v) is 9.50.